The minimum absolute atomic E-state index is 0.305. The smallest absolute Gasteiger partial charge is 0.266 e. The van der Waals surface area contributed by atoms with Crippen LogP contribution in [0.15, 0.2) is 84.9 Å². The van der Waals surface area contributed by atoms with Crippen LogP contribution in [0.25, 0.3) is 44.5 Å². The van der Waals surface area contributed by atoms with Gasteiger partial charge in [0.1, 0.15) is 0 Å². The molecule has 0 atom stereocenters. The van der Waals surface area contributed by atoms with Crippen molar-refractivity contribution in [2.24, 2.45) is 0 Å². The van der Waals surface area contributed by atoms with Gasteiger partial charge in [-0.1, -0.05) is 54.1 Å². The largest absolute Gasteiger partial charge is 0.399 e. The Morgan fingerprint density at radius 1 is 0.303 bits per heavy atom. The molecule has 0 radical (unpaired) electrons. The summed E-state index contributed by atoms with van der Waals surface area (Å²) < 4.78 is 0. The van der Waals surface area contributed by atoms with Crippen LogP contribution in [0.5, 0.6) is 0 Å². The van der Waals surface area contributed by atoms with E-state index in [0.29, 0.717) is 39.3 Å². The number of carbonyl (C=O) groups is 4. The molecule has 9 rings (SSSR count). The van der Waals surface area contributed by atoms with Crippen LogP contribution >= 0.6 is 0 Å². The van der Waals surface area contributed by atoms with Crippen molar-refractivity contribution in [2.75, 3.05) is 15.5 Å². The average molecular weight is 870 g/mol. The lowest BCUT2D eigenvalue weighted by Crippen LogP contribution is -2.31. The number of nitrogens with two attached hydrogens (primary N) is 1. The lowest BCUT2D eigenvalue weighted by Gasteiger charge is -2.30. The number of fused-ring (bicyclic) bond motifs is 2. The van der Waals surface area contributed by atoms with Crippen LogP contribution in [0, 0.1) is 90.0 Å². The van der Waals surface area contributed by atoms with Gasteiger partial charge >= 0.3 is 0 Å². The van der Waals surface area contributed by atoms with Crippen molar-refractivity contribution < 1.29 is 19.2 Å². The standard InChI is InChI=1S/C59H55N3O4/c1-28-14-16-41(17-15-28)43-20-24-46-48(26-43)58(65)61(56(46)63)54-37(10)33(6)52(34(7)38(54)11)50-29(2)31(4)51(32(5)30(50)3)53-35(8)39(12)55(40(13)36(53)9)62-57(64)47-25-21-44(27-49(47)59(62)66)42-18-22-45(60)23-19-42/h14-27H,60H2,1-13H3. The molecular weight excluding hydrogens is 815 g/mol. The van der Waals surface area contributed by atoms with Gasteiger partial charge in [0.25, 0.3) is 23.6 Å². The molecule has 7 aromatic rings. The summed E-state index contributed by atoms with van der Waals surface area (Å²) in [6, 6.07) is 26.7. The maximum absolute atomic E-state index is 14.3. The van der Waals surface area contributed by atoms with Crippen molar-refractivity contribution in [3.63, 3.8) is 0 Å². The Hall–Kier alpha value is -7.38. The Kier molecular flexibility index (Phi) is 10.4. The van der Waals surface area contributed by atoms with Gasteiger partial charge < -0.3 is 5.73 Å². The summed E-state index contributed by atoms with van der Waals surface area (Å²) in [6.45, 7) is 27.2. The van der Waals surface area contributed by atoms with Gasteiger partial charge in [0.2, 0.25) is 0 Å². The third-order valence-corrected chi connectivity index (χ3v) is 15.1. The Morgan fingerprint density at radius 2 is 0.561 bits per heavy atom. The van der Waals surface area contributed by atoms with Crippen LogP contribution < -0.4 is 15.5 Å². The molecule has 2 aliphatic rings. The fraction of sp³-hybridized carbons (Fsp3) is 0.220. The topological polar surface area (TPSA) is 101 Å². The van der Waals surface area contributed by atoms with Gasteiger partial charge in [-0.2, -0.15) is 0 Å². The quantitative estimate of drug-likeness (QED) is 0.132. The van der Waals surface area contributed by atoms with E-state index < -0.39 is 0 Å². The summed E-state index contributed by atoms with van der Waals surface area (Å²) in [4.78, 5) is 59.7. The van der Waals surface area contributed by atoms with Gasteiger partial charge in [-0.25, -0.2) is 9.80 Å². The molecule has 2 aliphatic heterocycles. The number of hydrogen-bond donors (Lipinski definition) is 1. The summed E-state index contributed by atoms with van der Waals surface area (Å²) in [5, 5.41) is 0. The Morgan fingerprint density at radius 3 is 0.879 bits per heavy atom. The van der Waals surface area contributed by atoms with Crippen LogP contribution in [0.2, 0.25) is 0 Å². The molecule has 2 heterocycles. The molecule has 0 spiro atoms. The Labute approximate surface area is 387 Å². The van der Waals surface area contributed by atoms with Crippen molar-refractivity contribution in [2.45, 2.75) is 90.0 Å². The molecule has 4 amide bonds. The molecule has 0 aliphatic carbocycles. The van der Waals surface area contributed by atoms with Crippen LogP contribution in [0.3, 0.4) is 0 Å². The molecule has 7 aromatic carbocycles. The number of rotatable bonds is 6. The molecule has 0 saturated carbocycles. The fourth-order valence-electron chi connectivity index (χ4n) is 10.7. The van der Waals surface area contributed by atoms with E-state index in [0.717, 1.165) is 117 Å². The molecule has 66 heavy (non-hydrogen) atoms. The number of carbonyl (C=O) groups excluding carboxylic acids is 4. The van der Waals surface area contributed by atoms with E-state index in [1.165, 1.54) is 9.80 Å². The van der Waals surface area contributed by atoms with Gasteiger partial charge in [-0.15, -0.1) is 0 Å². The van der Waals surface area contributed by atoms with E-state index in [2.05, 4.69) is 55.4 Å². The van der Waals surface area contributed by atoms with Crippen molar-refractivity contribution in [1.29, 1.82) is 0 Å². The Balaban J connectivity index is 1.11. The van der Waals surface area contributed by atoms with Crippen molar-refractivity contribution in [3.8, 4) is 44.5 Å². The van der Waals surface area contributed by atoms with Gasteiger partial charge in [0.15, 0.2) is 0 Å². The highest BCUT2D eigenvalue weighted by atomic mass is 16.2. The molecule has 7 heteroatoms. The summed E-state index contributed by atoms with van der Waals surface area (Å²) in [7, 11) is 0. The van der Waals surface area contributed by atoms with E-state index in [-0.39, 0.29) is 23.6 Å². The SMILES string of the molecule is Cc1ccc(-c2ccc3c(c2)C(=O)N(c2c(C)c(C)c(-c4c(C)c(C)c(-c5c(C)c(C)c(N6C(=O)c7ccc(-c8ccc(N)cc8)cc7C6=O)c(C)c5C)c(C)c4C)c(C)c2C)C3=O)cc1. The minimum Gasteiger partial charge on any atom is -0.399 e. The Bertz CT molecular complexity index is 3040. The summed E-state index contributed by atoms with van der Waals surface area (Å²) in [6.07, 6.45) is 0. The summed E-state index contributed by atoms with van der Waals surface area (Å²) >= 11 is 0. The number of benzene rings is 7. The minimum atomic E-state index is -0.328. The number of nitrogens with zero attached hydrogens (tertiary/aromatic N) is 2. The number of imide groups is 2. The maximum atomic E-state index is 14.3. The normalized spacial score (nSPS) is 13.3. The van der Waals surface area contributed by atoms with Gasteiger partial charge in [0.05, 0.1) is 33.6 Å². The lowest BCUT2D eigenvalue weighted by molar-refractivity contribution is 0.0910. The second-order valence-electron chi connectivity index (χ2n) is 18.6. The zero-order valence-corrected chi connectivity index (χ0v) is 40.2. The van der Waals surface area contributed by atoms with Crippen LogP contribution in [-0.2, 0) is 0 Å². The monoisotopic (exact) mass is 869 g/mol. The molecular formula is C59H55N3O4. The number of aryl methyl sites for hydroxylation is 1. The first-order valence-corrected chi connectivity index (χ1v) is 22.6. The van der Waals surface area contributed by atoms with Gasteiger partial charge in [0, 0.05) is 5.69 Å². The average Bonchev–Trinajstić information content (AvgIpc) is 3.69. The second kappa shape index (κ2) is 15.7. The van der Waals surface area contributed by atoms with E-state index in [1.54, 1.807) is 12.1 Å². The molecule has 330 valence electrons. The highest BCUT2D eigenvalue weighted by molar-refractivity contribution is 6.36. The molecule has 0 saturated heterocycles. The third kappa shape index (κ3) is 6.31. The third-order valence-electron chi connectivity index (χ3n) is 15.1. The van der Waals surface area contributed by atoms with E-state index in [9.17, 15) is 19.2 Å². The number of hydrogen-bond acceptors (Lipinski definition) is 5. The first-order valence-electron chi connectivity index (χ1n) is 22.6. The lowest BCUT2D eigenvalue weighted by atomic mass is 9.77. The van der Waals surface area contributed by atoms with E-state index >= 15 is 0 Å². The van der Waals surface area contributed by atoms with Crippen molar-refractivity contribution >= 4 is 40.7 Å². The van der Waals surface area contributed by atoms with Gasteiger partial charge in [-0.05, 0) is 238 Å². The first-order chi connectivity index (χ1) is 31.3. The fourth-order valence-corrected chi connectivity index (χ4v) is 10.7. The summed E-state index contributed by atoms with van der Waals surface area (Å²) in [5.74, 6) is -1.26. The first kappa shape index (κ1) is 43.9. The van der Waals surface area contributed by atoms with Crippen molar-refractivity contribution in [3.05, 3.63) is 180 Å². The highest BCUT2D eigenvalue weighted by Crippen LogP contribution is 2.49. The molecule has 0 bridgehead atoms. The molecule has 2 N–H and O–H groups in total. The molecule has 0 unspecified atom stereocenters. The summed E-state index contributed by atoms with van der Waals surface area (Å²) in [5.41, 5.74) is 31.0. The van der Waals surface area contributed by atoms with E-state index in [4.69, 9.17) is 5.73 Å². The molecule has 7 nitrogen and oxygen atoms in total. The highest BCUT2D eigenvalue weighted by Gasteiger charge is 2.41. The van der Waals surface area contributed by atoms with Crippen molar-refractivity contribution in [1.82, 2.24) is 0 Å². The number of nitrogen functional groups attached to an aromatic ring is 1. The van der Waals surface area contributed by atoms with E-state index in [1.807, 2.05) is 107 Å². The zero-order valence-electron chi connectivity index (χ0n) is 40.2. The van der Waals surface area contributed by atoms with Crippen LogP contribution in [-0.4, -0.2) is 23.6 Å². The van der Waals surface area contributed by atoms with Gasteiger partial charge in [-0.3, -0.25) is 19.2 Å². The number of anilines is 3. The zero-order chi connectivity index (χ0) is 47.5. The predicted molar refractivity (Wildman–Crippen MR) is 269 cm³/mol. The van der Waals surface area contributed by atoms with Crippen LogP contribution in [0.4, 0.5) is 17.1 Å². The second-order valence-corrected chi connectivity index (χ2v) is 18.6. The predicted octanol–water partition coefficient (Wildman–Crippen LogP) is 13.5. The number of amides is 4. The maximum Gasteiger partial charge on any atom is 0.266 e. The van der Waals surface area contributed by atoms with Crippen LogP contribution in [0.1, 0.15) is 114 Å². The molecule has 0 aromatic heterocycles. The molecule has 0 fully saturated rings.